The molecule has 0 amide bonds. The van der Waals surface area contributed by atoms with Crippen LogP contribution >= 0.6 is 48.3 Å². The number of fused-ring (bicyclic) bond motifs is 26. The van der Waals surface area contributed by atoms with Crippen molar-refractivity contribution >= 4 is 249 Å². The van der Waals surface area contributed by atoms with E-state index in [4.69, 9.17) is 15.0 Å². The molecule has 0 saturated heterocycles. The molecule has 22 aromatic carbocycles. The Bertz CT molecular complexity index is 10300. The highest BCUT2D eigenvalue weighted by Gasteiger charge is 2.34. The number of benzene rings is 22. The molecule has 29 rings (SSSR count). The molecule has 0 atom stereocenters. The third-order valence-corrected chi connectivity index (χ3v) is 38.4. The van der Waals surface area contributed by atoms with Crippen LogP contribution in [-0.4, -0.2) is 19.5 Å². The fourth-order valence-electron chi connectivity index (χ4n) is 22.0. The second-order valence-corrected chi connectivity index (χ2v) is 45.3. The van der Waals surface area contributed by atoms with Crippen molar-refractivity contribution in [1.29, 1.82) is 5.26 Å². The average Bonchev–Trinajstić information content (AvgIpc) is 1.16. The number of thiophene rings is 3. The summed E-state index contributed by atoms with van der Waals surface area (Å²) >= 11 is 5.56. The minimum atomic E-state index is -3.14. The predicted octanol–water partition coefficient (Wildman–Crippen LogP) is 34.2. The molecule has 12 heteroatoms. The third kappa shape index (κ3) is 14.1. The first-order chi connectivity index (χ1) is 71.1. The van der Waals surface area contributed by atoms with Gasteiger partial charge in [-0.2, -0.15) is 5.26 Å². The van der Waals surface area contributed by atoms with Gasteiger partial charge in [-0.3, -0.25) is 0 Å². The van der Waals surface area contributed by atoms with Crippen molar-refractivity contribution < 1.29 is 9.13 Å². The summed E-state index contributed by atoms with van der Waals surface area (Å²) in [4.78, 5) is 16.1. The molecular formula is C132H81N5O2P2S3. The van der Waals surface area contributed by atoms with Crippen LogP contribution in [0.4, 0.5) is 0 Å². The van der Waals surface area contributed by atoms with E-state index in [2.05, 4.69) is 338 Å². The van der Waals surface area contributed by atoms with Crippen LogP contribution in [0.5, 0.6) is 0 Å². The molecule has 0 fully saturated rings. The zero-order valence-electron chi connectivity index (χ0n) is 77.4. The summed E-state index contributed by atoms with van der Waals surface area (Å²) in [7, 11) is -6.18. The number of hydrogen-bond acceptors (Lipinski definition) is 9. The zero-order chi connectivity index (χ0) is 95.7. The molecule has 674 valence electrons. The molecule has 7 nitrogen and oxygen atoms in total. The molecule has 0 radical (unpaired) electrons. The fourth-order valence-corrected chi connectivity index (χ4v) is 31.2. The van der Waals surface area contributed by atoms with Gasteiger partial charge in [0, 0.05) is 174 Å². The van der Waals surface area contributed by atoms with Crippen molar-refractivity contribution in [2.24, 2.45) is 0 Å². The predicted molar refractivity (Wildman–Crippen MR) is 616 cm³/mol. The van der Waals surface area contributed by atoms with Gasteiger partial charge >= 0.3 is 0 Å². The molecule has 0 bridgehead atoms. The summed E-state index contributed by atoms with van der Waals surface area (Å²) in [5, 5.41) is 40.0. The van der Waals surface area contributed by atoms with Crippen molar-refractivity contribution in [1.82, 2.24) is 19.5 Å². The number of aromatic nitrogens is 4. The normalized spacial score (nSPS) is 11.9. The summed E-state index contributed by atoms with van der Waals surface area (Å²) < 4.78 is 40.1. The highest BCUT2D eigenvalue weighted by molar-refractivity contribution is 7.85. The SMILES string of the molecule is N#Cc1ccc2c3cc(-c4c5ccccc5c(-c5nc6ccccc6c6c5ccc5c7ccccc7sc56)c5ccccc45)ccc3n(-c3ccccc3)c2c1.O=P(c1ccccc1)(c1ccccc1)c1ccc(-c2ccc3c(c2)nc(-c2ccccc2)c2ccc4c5ccccc5sc4c23)cc1.O=P(c1ccccc1)(c1ccccc1)c1ccc2c(c1)nc(-c1ccccc1)c1ccc3c4ccccc4sc3c12. The van der Waals surface area contributed by atoms with Gasteiger partial charge in [-0.1, -0.05) is 419 Å². The first kappa shape index (κ1) is 85.9. The van der Waals surface area contributed by atoms with Crippen LogP contribution in [0.25, 0.3) is 231 Å². The second kappa shape index (κ2) is 35.2. The van der Waals surface area contributed by atoms with Gasteiger partial charge in [0.15, 0.2) is 14.3 Å². The molecule has 0 aliphatic rings. The Morgan fingerprint density at radius 3 is 1.02 bits per heavy atom. The number of rotatable bonds is 12. The molecule has 0 aliphatic heterocycles. The Kier molecular flexibility index (Phi) is 21.0. The van der Waals surface area contributed by atoms with Gasteiger partial charge in [-0.05, 0) is 117 Å². The summed E-state index contributed by atoms with van der Waals surface area (Å²) in [5.74, 6) is 0. The average molecular weight is 1930 g/mol. The standard InChI is InChI=1S/C52H29N3S.C43H28NOPS.C37H24NOPS/c53-30-31-22-24-34-43-29-32(23-27-45(43)55(46(34)28-31)33-12-2-1-3-13-33)48-36-15-4-6-17-38(36)49(39-18-7-5-16-37(39)48)51-42-26-25-40-35-14-9-11-21-47(35)56-52(40)50(42)41-19-8-10-20-44(41)54-51;45-46(32-14-6-2-7-15-32,33-16-8-3-9-17-33)34-23-20-29(21-24-34)31-22-25-37-39(28-31)44-42(30-12-4-1-5-13-30)38-27-26-36-35-18-10-11-19-40(35)47-43(36)41(37)38;39-40(26-14-6-2-7-15-26,27-16-8-3-9-17-27)28-20-21-31-33(24-28)38-36(25-12-4-1-5-13-25)32-23-22-30-29-18-10-11-19-34(29)41-37(30)35(31)32/h1-29H;1-28H;1-24H. The first-order valence-corrected chi connectivity index (χ1v) is 54.1. The van der Waals surface area contributed by atoms with Crippen LogP contribution in [0.1, 0.15) is 5.56 Å². The van der Waals surface area contributed by atoms with E-state index in [-0.39, 0.29) is 0 Å². The van der Waals surface area contributed by atoms with Crippen LogP contribution < -0.4 is 31.8 Å². The summed E-state index contributed by atoms with van der Waals surface area (Å²) in [5.41, 5.74) is 17.4. The Labute approximate surface area is 840 Å². The molecular weight excluding hydrogens is 1850 g/mol. The van der Waals surface area contributed by atoms with Gasteiger partial charge in [-0.25, -0.2) is 15.0 Å². The van der Waals surface area contributed by atoms with E-state index in [0.717, 1.165) is 153 Å². The number of nitriles is 1. The largest absolute Gasteiger partial charge is 0.309 e. The lowest BCUT2D eigenvalue weighted by Gasteiger charge is -2.21. The Morgan fingerprint density at radius 2 is 0.549 bits per heavy atom. The van der Waals surface area contributed by atoms with E-state index in [9.17, 15) is 9.83 Å². The molecule has 7 heterocycles. The third-order valence-electron chi connectivity index (χ3n) is 28.7. The molecule has 0 spiro atoms. The number of hydrogen-bond donors (Lipinski definition) is 0. The maximum Gasteiger partial charge on any atom is 0.171 e. The maximum atomic E-state index is 15.2. The fraction of sp³-hybridized carbons (Fsp3) is 0. The smallest absolute Gasteiger partial charge is 0.171 e. The van der Waals surface area contributed by atoms with Gasteiger partial charge in [0.05, 0.1) is 56.3 Å². The summed E-state index contributed by atoms with van der Waals surface area (Å²) in [6.07, 6.45) is 0. The van der Waals surface area contributed by atoms with Crippen molar-refractivity contribution in [3.63, 3.8) is 0 Å². The minimum Gasteiger partial charge on any atom is -0.309 e. The second-order valence-electron chi connectivity index (χ2n) is 36.6. The molecule has 29 aromatic rings. The molecule has 7 aromatic heterocycles. The number of nitrogens with zero attached hydrogens (tertiary/aromatic N) is 5. The van der Waals surface area contributed by atoms with Crippen LogP contribution in [0.2, 0.25) is 0 Å². The molecule has 0 N–H and O–H groups in total. The molecule has 0 aliphatic carbocycles. The lowest BCUT2D eigenvalue weighted by molar-refractivity contribution is 0.591. The minimum absolute atomic E-state index is 0.646. The molecule has 0 unspecified atom stereocenters. The van der Waals surface area contributed by atoms with Crippen LogP contribution in [0.15, 0.2) is 491 Å². The topological polar surface area (TPSA) is 102 Å². The van der Waals surface area contributed by atoms with Crippen molar-refractivity contribution in [2.75, 3.05) is 0 Å². The first-order valence-electron chi connectivity index (χ1n) is 48.3. The molecule has 144 heavy (non-hydrogen) atoms. The van der Waals surface area contributed by atoms with Crippen molar-refractivity contribution in [3.05, 3.63) is 497 Å². The Hall–Kier alpha value is -17.2. The number of para-hydroxylation sites is 2. The Balaban J connectivity index is 0.000000109. The van der Waals surface area contributed by atoms with E-state index in [1.807, 2.05) is 198 Å². The van der Waals surface area contributed by atoms with Crippen molar-refractivity contribution in [3.8, 4) is 67.8 Å². The Morgan fingerprint density at radius 1 is 0.215 bits per heavy atom. The monoisotopic (exact) mass is 1930 g/mol. The van der Waals surface area contributed by atoms with Gasteiger partial charge in [0.1, 0.15) is 0 Å². The molecule has 0 saturated carbocycles. The summed E-state index contributed by atoms with van der Waals surface area (Å²) in [6.45, 7) is 0. The van der Waals surface area contributed by atoms with E-state index >= 15 is 4.57 Å². The summed E-state index contributed by atoms with van der Waals surface area (Å²) in [6, 6.07) is 173. The highest BCUT2D eigenvalue weighted by Crippen LogP contribution is 2.53. The quantitative estimate of drug-likeness (QED) is 0.0686. The lowest BCUT2D eigenvalue weighted by atomic mass is 9.85. The zero-order valence-corrected chi connectivity index (χ0v) is 81.7. The van der Waals surface area contributed by atoms with Crippen LogP contribution in [0, 0.1) is 11.3 Å². The van der Waals surface area contributed by atoms with Gasteiger partial charge < -0.3 is 13.7 Å². The lowest BCUT2D eigenvalue weighted by Crippen LogP contribution is -2.25. The van der Waals surface area contributed by atoms with E-state index in [1.165, 1.54) is 109 Å². The highest BCUT2D eigenvalue weighted by atomic mass is 32.1. The van der Waals surface area contributed by atoms with Gasteiger partial charge in [0.25, 0.3) is 0 Å². The van der Waals surface area contributed by atoms with E-state index in [0.29, 0.717) is 5.56 Å². The van der Waals surface area contributed by atoms with E-state index in [1.54, 1.807) is 0 Å². The van der Waals surface area contributed by atoms with Gasteiger partial charge in [0.2, 0.25) is 0 Å². The van der Waals surface area contributed by atoms with Crippen LogP contribution in [0.3, 0.4) is 0 Å². The van der Waals surface area contributed by atoms with Crippen molar-refractivity contribution in [2.45, 2.75) is 0 Å². The van der Waals surface area contributed by atoms with Gasteiger partial charge in [-0.15, -0.1) is 34.0 Å². The van der Waals surface area contributed by atoms with E-state index < -0.39 is 14.3 Å². The maximum absolute atomic E-state index is 15.2. The number of pyridine rings is 3. The van der Waals surface area contributed by atoms with Crippen LogP contribution in [-0.2, 0) is 9.13 Å².